The monoisotopic (exact) mass is 548 g/mol. The number of carbonyl (C=O) groups is 1. The minimum absolute atomic E-state index is 0.0264. The molecule has 0 atom stereocenters. The highest BCUT2D eigenvalue weighted by Gasteiger charge is 2.32. The van der Waals surface area contributed by atoms with Crippen LogP contribution in [-0.2, 0) is 23.2 Å². The van der Waals surface area contributed by atoms with E-state index in [-0.39, 0.29) is 21.1 Å². The molecule has 10 nitrogen and oxygen atoms in total. The van der Waals surface area contributed by atoms with E-state index >= 15 is 0 Å². The molecule has 15 heteroatoms. The number of nitrogens with one attached hydrogen (secondary N) is 1. The minimum atomic E-state index is -4.61. The van der Waals surface area contributed by atoms with Crippen molar-refractivity contribution in [3.63, 3.8) is 0 Å². The zero-order valence-electron chi connectivity index (χ0n) is 18.6. The lowest BCUT2D eigenvalue weighted by molar-refractivity contribution is -0.137. The summed E-state index contributed by atoms with van der Waals surface area (Å²) in [5.41, 5.74) is 0.295. The summed E-state index contributed by atoms with van der Waals surface area (Å²) in [6, 6.07) is 8.53. The van der Waals surface area contributed by atoms with Gasteiger partial charge in [-0.25, -0.2) is 18.2 Å². The number of anilines is 1. The first-order chi connectivity index (χ1) is 17.5. The fourth-order valence-corrected chi connectivity index (χ4v) is 5.63. The van der Waals surface area contributed by atoms with Gasteiger partial charge < -0.3 is 5.11 Å². The van der Waals surface area contributed by atoms with E-state index in [0.29, 0.717) is 22.2 Å². The van der Waals surface area contributed by atoms with E-state index < -0.39 is 27.9 Å². The molecule has 0 aliphatic carbocycles. The first kappa shape index (κ1) is 24.5. The number of fused-ring (bicyclic) bond motifs is 1. The fourth-order valence-electron chi connectivity index (χ4n) is 3.94. The van der Waals surface area contributed by atoms with Crippen molar-refractivity contribution in [2.45, 2.75) is 11.1 Å². The molecule has 5 rings (SSSR count). The van der Waals surface area contributed by atoms with E-state index in [1.54, 1.807) is 13.1 Å². The maximum atomic E-state index is 13.5. The van der Waals surface area contributed by atoms with E-state index in [4.69, 9.17) is 0 Å². The Morgan fingerprint density at radius 2 is 1.86 bits per heavy atom. The molecule has 3 heterocycles. The number of halogens is 3. The second kappa shape index (κ2) is 8.70. The number of alkyl halides is 3. The minimum Gasteiger partial charge on any atom is -0.464 e. The number of rotatable bonds is 5. The summed E-state index contributed by atoms with van der Waals surface area (Å²) < 4.78 is 74.5. The maximum Gasteiger partial charge on any atom is 0.416 e. The molecule has 0 aliphatic rings. The Morgan fingerprint density at radius 3 is 2.49 bits per heavy atom. The van der Waals surface area contributed by atoms with Crippen LogP contribution in [0.4, 0.5) is 23.1 Å². The summed E-state index contributed by atoms with van der Waals surface area (Å²) in [4.78, 5) is 15.6. The van der Waals surface area contributed by atoms with Crippen molar-refractivity contribution in [3.8, 4) is 22.4 Å². The topological polar surface area (TPSA) is 132 Å². The third-order valence-electron chi connectivity index (χ3n) is 5.61. The van der Waals surface area contributed by atoms with Crippen molar-refractivity contribution in [3.05, 3.63) is 66.7 Å². The molecule has 0 amide bonds. The van der Waals surface area contributed by atoms with Crippen molar-refractivity contribution in [2.75, 3.05) is 4.72 Å². The molecular weight excluding hydrogens is 533 g/mol. The van der Waals surface area contributed by atoms with Crippen LogP contribution in [0.15, 0.2) is 66.1 Å². The van der Waals surface area contributed by atoms with Gasteiger partial charge >= 0.3 is 12.3 Å². The molecule has 0 fully saturated rings. The maximum absolute atomic E-state index is 13.5. The molecule has 0 spiro atoms. The van der Waals surface area contributed by atoms with Crippen molar-refractivity contribution in [1.82, 2.24) is 23.7 Å². The van der Waals surface area contributed by atoms with Crippen LogP contribution in [-0.4, -0.2) is 43.3 Å². The van der Waals surface area contributed by atoms with E-state index in [0.717, 1.165) is 28.2 Å². The lowest BCUT2D eigenvalue weighted by Crippen LogP contribution is -2.13. The standard InChI is InChI=1S/C22H15F3N6O4S2/c1-30-18(6-7-27-30)16-8-12(22(23,24)25)2-4-14(16)17-10-31(21(32)33)19-9-13(3-5-15(17)19)37(34,35)29-20-26-11-28-36-20/h2-11H,1H3,(H,32,33)(H,26,28,29). The van der Waals surface area contributed by atoms with Crippen LogP contribution in [0.3, 0.4) is 0 Å². The van der Waals surface area contributed by atoms with Gasteiger partial charge in [0, 0.05) is 47.5 Å². The molecule has 5 aromatic rings. The van der Waals surface area contributed by atoms with Crippen molar-refractivity contribution < 1.29 is 31.5 Å². The van der Waals surface area contributed by atoms with Crippen molar-refractivity contribution in [2.24, 2.45) is 7.05 Å². The van der Waals surface area contributed by atoms with Gasteiger partial charge in [0.25, 0.3) is 10.0 Å². The molecule has 0 saturated carbocycles. The fraction of sp³-hybridized carbons (Fsp3) is 0.0909. The van der Waals surface area contributed by atoms with E-state index in [9.17, 15) is 31.5 Å². The van der Waals surface area contributed by atoms with Gasteiger partial charge in [-0.05, 0) is 35.9 Å². The SMILES string of the molecule is Cn1nccc1-c1cc(C(F)(F)F)ccc1-c1cn(C(=O)O)c2cc(S(=O)(=O)Nc3ncns3)ccc12. The van der Waals surface area contributed by atoms with Gasteiger partial charge in [-0.3, -0.25) is 14.0 Å². The van der Waals surface area contributed by atoms with Gasteiger partial charge in [0.05, 0.1) is 21.7 Å². The first-order valence-corrected chi connectivity index (χ1v) is 12.6. The lowest BCUT2D eigenvalue weighted by Gasteiger charge is -2.14. The molecule has 0 unspecified atom stereocenters. The van der Waals surface area contributed by atoms with Crippen molar-refractivity contribution >= 4 is 43.7 Å². The van der Waals surface area contributed by atoms with E-state index in [1.165, 1.54) is 47.7 Å². The highest BCUT2D eigenvalue weighted by atomic mass is 32.2. The predicted molar refractivity (Wildman–Crippen MR) is 129 cm³/mol. The molecule has 2 N–H and O–H groups in total. The Balaban J connectivity index is 1.72. The molecular formula is C22H15F3N6O4S2. The third-order valence-corrected chi connectivity index (χ3v) is 7.66. The average Bonchev–Trinajstić information content (AvgIpc) is 3.57. The number of nitrogens with zero attached hydrogens (tertiary/aromatic N) is 5. The van der Waals surface area contributed by atoms with Crippen LogP contribution in [0.1, 0.15) is 5.56 Å². The summed E-state index contributed by atoms with van der Waals surface area (Å²) in [7, 11) is -2.56. The van der Waals surface area contributed by atoms with Gasteiger partial charge in [-0.15, -0.1) is 0 Å². The van der Waals surface area contributed by atoms with E-state index in [2.05, 4.69) is 19.2 Å². The number of sulfonamides is 1. The zero-order valence-corrected chi connectivity index (χ0v) is 20.3. The smallest absolute Gasteiger partial charge is 0.416 e. The average molecular weight is 549 g/mol. The summed E-state index contributed by atoms with van der Waals surface area (Å²) in [5, 5.41) is 14.2. The Kier molecular flexibility index (Phi) is 5.75. The Bertz CT molecular complexity index is 1760. The van der Waals surface area contributed by atoms with Crippen LogP contribution in [0, 0.1) is 0 Å². The van der Waals surface area contributed by atoms with Gasteiger partial charge in [-0.2, -0.15) is 22.6 Å². The van der Waals surface area contributed by atoms with Crippen molar-refractivity contribution in [1.29, 1.82) is 0 Å². The first-order valence-electron chi connectivity index (χ1n) is 10.3. The van der Waals surface area contributed by atoms with Crippen LogP contribution >= 0.6 is 11.5 Å². The molecule has 0 saturated heterocycles. The Morgan fingerprint density at radius 1 is 1.08 bits per heavy atom. The second-order valence-electron chi connectivity index (χ2n) is 7.82. The largest absolute Gasteiger partial charge is 0.464 e. The van der Waals surface area contributed by atoms with Crippen LogP contribution < -0.4 is 4.72 Å². The molecule has 2 aromatic carbocycles. The molecule has 0 aliphatic heterocycles. The quantitative estimate of drug-likeness (QED) is 0.319. The highest BCUT2D eigenvalue weighted by Crippen LogP contribution is 2.41. The molecule has 3 aromatic heterocycles. The Hall–Kier alpha value is -4.24. The highest BCUT2D eigenvalue weighted by molar-refractivity contribution is 7.93. The van der Waals surface area contributed by atoms with E-state index in [1.807, 2.05) is 0 Å². The lowest BCUT2D eigenvalue weighted by atomic mass is 9.95. The number of hydrogen-bond acceptors (Lipinski definition) is 7. The normalized spacial score (nSPS) is 12.2. The van der Waals surface area contributed by atoms with Gasteiger partial charge in [-0.1, -0.05) is 12.1 Å². The van der Waals surface area contributed by atoms with Crippen LogP contribution in [0.2, 0.25) is 0 Å². The molecule has 190 valence electrons. The number of aromatic nitrogens is 5. The van der Waals surface area contributed by atoms with Gasteiger partial charge in [0.2, 0.25) is 5.13 Å². The summed E-state index contributed by atoms with van der Waals surface area (Å²) >= 11 is 0.824. The predicted octanol–water partition coefficient (Wildman–Crippen LogP) is 4.91. The number of aryl methyl sites for hydroxylation is 1. The summed E-state index contributed by atoms with van der Waals surface area (Å²) in [5.74, 6) is 0. The number of carboxylic acid groups (broad SMARTS) is 1. The van der Waals surface area contributed by atoms with Gasteiger partial charge in [0.15, 0.2) is 0 Å². The molecule has 37 heavy (non-hydrogen) atoms. The number of benzene rings is 2. The Labute approximate surface area is 210 Å². The molecule has 0 bridgehead atoms. The van der Waals surface area contributed by atoms with Crippen LogP contribution in [0.25, 0.3) is 33.3 Å². The zero-order chi connectivity index (χ0) is 26.5. The number of hydrogen-bond donors (Lipinski definition) is 2. The summed E-state index contributed by atoms with van der Waals surface area (Å²) in [6.45, 7) is 0. The summed E-state index contributed by atoms with van der Waals surface area (Å²) in [6.07, 6.45) is -2.16. The van der Waals surface area contributed by atoms with Crippen LogP contribution in [0.5, 0.6) is 0 Å². The van der Waals surface area contributed by atoms with Gasteiger partial charge in [0.1, 0.15) is 6.33 Å². The molecule has 0 radical (unpaired) electrons. The second-order valence-corrected chi connectivity index (χ2v) is 10.3. The third kappa shape index (κ3) is 4.42.